The Kier molecular flexibility index (Phi) is 1.62. The van der Waals surface area contributed by atoms with Crippen molar-refractivity contribution in [3.8, 4) is 0 Å². The molecule has 52 valence electrons. The number of carbonyl (C=O) groups is 2. The minimum absolute atomic E-state index is 0.234. The Labute approximate surface area is 57.8 Å². The fourth-order valence-electron chi connectivity index (χ4n) is 0.641. The smallest absolute Gasteiger partial charge is 0.267 e. The van der Waals surface area contributed by atoms with Crippen molar-refractivity contribution in [2.45, 2.75) is 0 Å². The van der Waals surface area contributed by atoms with E-state index in [1.807, 2.05) is 0 Å². The first kappa shape index (κ1) is 6.67. The van der Waals surface area contributed by atoms with E-state index >= 15 is 0 Å². The summed E-state index contributed by atoms with van der Waals surface area (Å²) >= 11 is 0. The average molecular weight is 138 g/mol. The van der Waals surface area contributed by atoms with Crippen molar-refractivity contribution in [2.75, 3.05) is 6.54 Å². The summed E-state index contributed by atoms with van der Waals surface area (Å²) in [6.45, 7) is 3.63. The summed E-state index contributed by atoms with van der Waals surface area (Å²) in [6.07, 6.45) is 2.48. The number of hydrogen-bond acceptors (Lipinski definition) is 2. The number of urea groups is 1. The predicted octanol–water partition coefficient (Wildman–Crippen LogP) is 0.205. The van der Waals surface area contributed by atoms with Gasteiger partial charge in [0.1, 0.15) is 0 Å². The summed E-state index contributed by atoms with van der Waals surface area (Å²) in [7, 11) is 0. The first-order valence-corrected chi connectivity index (χ1v) is 2.76. The molecule has 3 amide bonds. The lowest BCUT2D eigenvalue weighted by Gasteiger charge is -2.06. The molecule has 4 heteroatoms. The number of carbonyl (C=O) groups excluding carboxylic acids is 2. The van der Waals surface area contributed by atoms with Gasteiger partial charge in [0.2, 0.25) is 0 Å². The minimum Gasteiger partial charge on any atom is -0.267 e. The molecule has 0 N–H and O–H groups in total. The van der Waals surface area contributed by atoms with Crippen molar-refractivity contribution < 1.29 is 9.59 Å². The molecule has 0 saturated heterocycles. The molecule has 0 saturated carbocycles. The third-order valence-corrected chi connectivity index (χ3v) is 1.09. The highest BCUT2D eigenvalue weighted by atomic mass is 16.2. The van der Waals surface area contributed by atoms with E-state index in [9.17, 15) is 9.59 Å². The quantitative estimate of drug-likeness (QED) is 0.512. The number of nitrogens with zero attached hydrogens (tertiary/aromatic N) is 2. The summed E-state index contributed by atoms with van der Waals surface area (Å²) in [5.74, 6) is -0.370. The van der Waals surface area contributed by atoms with Gasteiger partial charge in [0.05, 0.1) is 6.21 Å². The van der Waals surface area contributed by atoms with Crippen molar-refractivity contribution in [3.05, 3.63) is 12.7 Å². The van der Waals surface area contributed by atoms with Gasteiger partial charge in [-0.2, -0.15) is 4.99 Å². The van der Waals surface area contributed by atoms with Gasteiger partial charge in [-0.25, -0.2) is 4.79 Å². The van der Waals surface area contributed by atoms with Gasteiger partial charge in [-0.05, 0) is 0 Å². The molecular weight excluding hydrogens is 132 g/mol. The highest BCUT2D eigenvalue weighted by Gasteiger charge is 2.22. The van der Waals surface area contributed by atoms with Crippen LogP contribution in [0.3, 0.4) is 0 Å². The number of hydrogen-bond donors (Lipinski definition) is 0. The maximum atomic E-state index is 10.7. The largest absolute Gasteiger partial charge is 0.350 e. The molecule has 0 unspecified atom stereocenters. The Hall–Kier alpha value is -1.45. The number of aliphatic imine (C=N–C) groups is 1. The third-order valence-electron chi connectivity index (χ3n) is 1.09. The van der Waals surface area contributed by atoms with Gasteiger partial charge in [0.15, 0.2) is 0 Å². The van der Waals surface area contributed by atoms with E-state index in [4.69, 9.17) is 0 Å². The maximum absolute atomic E-state index is 10.7. The topological polar surface area (TPSA) is 49.7 Å². The second kappa shape index (κ2) is 2.43. The van der Waals surface area contributed by atoms with Crippen LogP contribution in [0.25, 0.3) is 0 Å². The first-order valence-electron chi connectivity index (χ1n) is 2.76. The molecule has 0 radical (unpaired) electrons. The molecule has 1 rings (SSSR count). The standard InChI is InChI=1S/C6H6N2O2/c1-2-3-8-5(9)4-7-6(8)10/h2,4H,1,3H2. The van der Waals surface area contributed by atoms with E-state index in [0.717, 1.165) is 11.1 Å². The first-order chi connectivity index (χ1) is 4.75. The van der Waals surface area contributed by atoms with Crippen molar-refractivity contribution in [3.63, 3.8) is 0 Å². The molecule has 0 spiro atoms. The van der Waals surface area contributed by atoms with Crippen LogP contribution >= 0.6 is 0 Å². The zero-order valence-corrected chi connectivity index (χ0v) is 5.28. The van der Waals surface area contributed by atoms with Crippen molar-refractivity contribution in [1.82, 2.24) is 4.90 Å². The Morgan fingerprint density at radius 1 is 1.70 bits per heavy atom. The molecule has 0 aromatic carbocycles. The monoisotopic (exact) mass is 138 g/mol. The number of imide groups is 1. The molecule has 0 atom stereocenters. The van der Waals surface area contributed by atoms with E-state index in [0.29, 0.717) is 0 Å². The van der Waals surface area contributed by atoms with E-state index in [-0.39, 0.29) is 12.5 Å². The van der Waals surface area contributed by atoms with Crippen LogP contribution in [-0.4, -0.2) is 29.6 Å². The van der Waals surface area contributed by atoms with Gasteiger partial charge in [0.25, 0.3) is 5.91 Å². The predicted molar refractivity (Wildman–Crippen MR) is 35.8 cm³/mol. The summed E-state index contributed by atoms with van der Waals surface area (Å²) in [5.41, 5.74) is 0. The fourth-order valence-corrected chi connectivity index (χ4v) is 0.641. The second-order valence-electron chi connectivity index (χ2n) is 1.78. The number of rotatable bonds is 2. The lowest BCUT2D eigenvalue weighted by Crippen LogP contribution is -2.29. The van der Waals surface area contributed by atoms with Gasteiger partial charge >= 0.3 is 6.03 Å². The van der Waals surface area contributed by atoms with Crippen LogP contribution in [0.15, 0.2) is 17.6 Å². The zero-order valence-electron chi connectivity index (χ0n) is 5.28. The highest BCUT2D eigenvalue weighted by Crippen LogP contribution is 1.99. The van der Waals surface area contributed by atoms with Gasteiger partial charge in [-0.3, -0.25) is 9.69 Å². The third kappa shape index (κ3) is 0.953. The average Bonchev–Trinajstić information content (AvgIpc) is 2.20. The van der Waals surface area contributed by atoms with Crippen LogP contribution in [0.4, 0.5) is 4.79 Å². The molecule has 10 heavy (non-hydrogen) atoms. The normalized spacial score (nSPS) is 16.6. The molecule has 1 heterocycles. The molecule has 4 nitrogen and oxygen atoms in total. The van der Waals surface area contributed by atoms with Crippen molar-refractivity contribution in [1.29, 1.82) is 0 Å². The Balaban J connectivity index is 2.69. The van der Waals surface area contributed by atoms with Crippen molar-refractivity contribution >= 4 is 18.2 Å². The van der Waals surface area contributed by atoms with E-state index in [1.54, 1.807) is 0 Å². The Morgan fingerprint density at radius 3 is 2.80 bits per heavy atom. The molecule has 1 aliphatic heterocycles. The summed E-state index contributed by atoms with van der Waals surface area (Å²) < 4.78 is 0. The lowest BCUT2D eigenvalue weighted by atomic mass is 10.5. The van der Waals surface area contributed by atoms with Crippen LogP contribution in [0.1, 0.15) is 0 Å². The summed E-state index contributed by atoms with van der Waals surface area (Å²) in [5, 5.41) is 0. The molecular formula is C6H6N2O2. The van der Waals surface area contributed by atoms with Gasteiger partial charge < -0.3 is 0 Å². The van der Waals surface area contributed by atoms with Crippen LogP contribution in [0, 0.1) is 0 Å². The molecule has 0 aliphatic carbocycles. The Morgan fingerprint density at radius 2 is 2.40 bits per heavy atom. The van der Waals surface area contributed by atoms with E-state index in [2.05, 4.69) is 11.6 Å². The molecule has 0 aromatic rings. The summed E-state index contributed by atoms with van der Waals surface area (Å²) in [4.78, 5) is 25.6. The maximum Gasteiger partial charge on any atom is 0.350 e. The highest BCUT2D eigenvalue weighted by molar-refractivity contribution is 6.35. The van der Waals surface area contributed by atoms with Gasteiger partial charge in [0, 0.05) is 6.54 Å². The van der Waals surface area contributed by atoms with E-state index in [1.165, 1.54) is 6.08 Å². The van der Waals surface area contributed by atoms with Crippen LogP contribution < -0.4 is 0 Å². The van der Waals surface area contributed by atoms with Crippen LogP contribution in [0.2, 0.25) is 0 Å². The second-order valence-corrected chi connectivity index (χ2v) is 1.78. The lowest BCUT2D eigenvalue weighted by molar-refractivity contribution is -0.119. The van der Waals surface area contributed by atoms with Gasteiger partial charge in [-0.15, -0.1) is 6.58 Å². The SMILES string of the molecule is C=CCN1C(=O)C=NC1=O. The van der Waals surface area contributed by atoms with E-state index < -0.39 is 6.03 Å². The molecule has 0 aromatic heterocycles. The van der Waals surface area contributed by atoms with Crippen LogP contribution in [0.5, 0.6) is 0 Å². The zero-order chi connectivity index (χ0) is 7.56. The minimum atomic E-state index is -0.509. The molecule has 0 bridgehead atoms. The molecule has 0 fully saturated rings. The fraction of sp³-hybridized carbons (Fsp3) is 0.167. The Bertz CT molecular complexity index is 202. The van der Waals surface area contributed by atoms with Crippen LogP contribution in [-0.2, 0) is 4.79 Å². The molecule has 1 aliphatic rings. The van der Waals surface area contributed by atoms with Gasteiger partial charge in [-0.1, -0.05) is 6.08 Å². The summed E-state index contributed by atoms with van der Waals surface area (Å²) in [6, 6.07) is -0.509. The number of amides is 3. The van der Waals surface area contributed by atoms with Crippen molar-refractivity contribution in [2.24, 2.45) is 4.99 Å².